The van der Waals surface area contributed by atoms with Gasteiger partial charge in [0, 0.05) is 23.1 Å². The first kappa shape index (κ1) is 21.9. The number of aromatic nitrogens is 4. The van der Waals surface area contributed by atoms with Gasteiger partial charge in [0.25, 0.3) is 0 Å². The van der Waals surface area contributed by atoms with Gasteiger partial charge in [-0.1, -0.05) is 65.0 Å². The largest absolute Gasteiger partial charge is 0.481 e. The number of methoxy groups -OCH3 is 1. The van der Waals surface area contributed by atoms with Crippen LogP contribution >= 0.6 is 0 Å². The first-order valence-corrected chi connectivity index (χ1v) is 11.0. The van der Waals surface area contributed by atoms with Gasteiger partial charge >= 0.3 is 0 Å². The van der Waals surface area contributed by atoms with E-state index in [0.29, 0.717) is 0 Å². The molecule has 0 N–H and O–H groups in total. The first-order chi connectivity index (χ1) is 15.2. The Morgan fingerprint density at radius 2 is 1.50 bits per heavy atom. The first-order valence-electron chi connectivity index (χ1n) is 11.0. The van der Waals surface area contributed by atoms with E-state index < -0.39 is 0 Å². The van der Waals surface area contributed by atoms with Gasteiger partial charge in [-0.15, -0.1) is 0 Å². The fourth-order valence-electron chi connectivity index (χ4n) is 3.87. The molecular formula is C27H32N4O. The molecule has 0 bridgehead atoms. The molecule has 166 valence electrons. The molecule has 0 aliphatic heterocycles. The van der Waals surface area contributed by atoms with Crippen molar-refractivity contribution in [3.63, 3.8) is 0 Å². The number of ether oxygens (including phenoxy) is 1. The lowest BCUT2D eigenvalue weighted by Crippen LogP contribution is -2.21. The van der Waals surface area contributed by atoms with E-state index in [1.54, 1.807) is 7.11 Å². The molecule has 0 spiro atoms. The van der Waals surface area contributed by atoms with Crippen LogP contribution < -0.4 is 4.74 Å². The molecule has 2 aromatic carbocycles. The van der Waals surface area contributed by atoms with E-state index in [0.717, 1.165) is 35.1 Å². The second-order valence-electron chi connectivity index (χ2n) is 9.95. The fraction of sp³-hybridized carbons (Fsp3) is 0.333. The van der Waals surface area contributed by atoms with Crippen molar-refractivity contribution in [2.24, 2.45) is 0 Å². The predicted molar refractivity (Wildman–Crippen MR) is 129 cm³/mol. The molecule has 0 unspecified atom stereocenters. The highest BCUT2D eigenvalue weighted by Gasteiger charge is 2.27. The lowest BCUT2D eigenvalue weighted by Gasteiger charge is -2.22. The topological polar surface area (TPSA) is 44.9 Å². The van der Waals surface area contributed by atoms with E-state index in [2.05, 4.69) is 65.0 Å². The van der Waals surface area contributed by atoms with E-state index in [1.165, 1.54) is 5.56 Å². The third-order valence-corrected chi connectivity index (χ3v) is 5.76. The molecular weight excluding hydrogens is 396 g/mol. The molecule has 0 fully saturated rings. The molecule has 0 amide bonds. The average molecular weight is 429 g/mol. The van der Waals surface area contributed by atoms with Crippen LogP contribution in [0.15, 0.2) is 72.9 Å². The summed E-state index contributed by atoms with van der Waals surface area (Å²) in [7, 11) is 1.69. The Hall–Kier alpha value is -3.34. The second kappa shape index (κ2) is 8.30. The summed E-state index contributed by atoms with van der Waals surface area (Å²) in [5.74, 6) is 0.735. The van der Waals surface area contributed by atoms with E-state index in [4.69, 9.17) is 14.9 Å². The van der Waals surface area contributed by atoms with Crippen molar-refractivity contribution >= 4 is 0 Å². The smallest absolute Gasteiger partial charge is 0.216 e. The van der Waals surface area contributed by atoms with Gasteiger partial charge in [-0.05, 0) is 42.3 Å². The normalized spacial score (nSPS) is 12.2. The standard InChI is InChI=1S/C27H32N4O/c1-26(2,3)23-15-16-30(28-23)22-14-10-11-20(17-22)19-27(4,5)24-18-25(32-6)31(29-24)21-12-8-7-9-13-21/h7-18H,19H2,1-6H3. The summed E-state index contributed by atoms with van der Waals surface area (Å²) < 4.78 is 9.45. The Labute approximate surface area is 190 Å². The molecule has 0 saturated carbocycles. The third kappa shape index (κ3) is 4.47. The zero-order chi connectivity index (χ0) is 22.9. The summed E-state index contributed by atoms with van der Waals surface area (Å²) >= 11 is 0. The third-order valence-electron chi connectivity index (χ3n) is 5.76. The van der Waals surface area contributed by atoms with Crippen LogP contribution in [0.1, 0.15) is 51.6 Å². The molecule has 0 aliphatic carbocycles. The second-order valence-corrected chi connectivity index (χ2v) is 9.95. The maximum atomic E-state index is 5.62. The van der Waals surface area contributed by atoms with Crippen LogP contribution in [0.3, 0.4) is 0 Å². The van der Waals surface area contributed by atoms with E-state index in [9.17, 15) is 0 Å². The number of hydrogen-bond acceptors (Lipinski definition) is 3. The Bertz CT molecular complexity index is 1200. The minimum Gasteiger partial charge on any atom is -0.481 e. The number of nitrogens with zero attached hydrogens (tertiary/aromatic N) is 4. The van der Waals surface area contributed by atoms with Crippen molar-refractivity contribution in [1.82, 2.24) is 19.6 Å². The molecule has 0 aliphatic rings. The lowest BCUT2D eigenvalue weighted by atomic mass is 9.82. The van der Waals surface area contributed by atoms with Crippen molar-refractivity contribution < 1.29 is 4.74 Å². The summed E-state index contributed by atoms with van der Waals surface area (Å²) in [4.78, 5) is 0. The highest BCUT2D eigenvalue weighted by Crippen LogP contribution is 2.31. The van der Waals surface area contributed by atoms with Crippen LogP contribution in [0.25, 0.3) is 11.4 Å². The van der Waals surface area contributed by atoms with E-state index in [-0.39, 0.29) is 10.8 Å². The van der Waals surface area contributed by atoms with Gasteiger partial charge in [-0.25, -0.2) is 9.36 Å². The summed E-state index contributed by atoms with van der Waals surface area (Å²) in [6.07, 6.45) is 2.89. The SMILES string of the molecule is COc1cc(C(C)(C)Cc2cccc(-n3ccc(C(C)(C)C)n3)c2)nn1-c1ccccc1. The maximum absolute atomic E-state index is 5.62. The molecule has 2 heterocycles. The summed E-state index contributed by atoms with van der Waals surface area (Å²) in [6, 6.07) is 22.8. The Balaban J connectivity index is 1.61. The highest BCUT2D eigenvalue weighted by atomic mass is 16.5. The molecule has 2 aromatic heterocycles. The molecule has 0 atom stereocenters. The molecule has 4 rings (SSSR count). The van der Waals surface area contributed by atoms with Gasteiger partial charge in [0.2, 0.25) is 5.88 Å². The monoisotopic (exact) mass is 428 g/mol. The van der Waals surface area contributed by atoms with Crippen LogP contribution in [0.2, 0.25) is 0 Å². The van der Waals surface area contributed by atoms with E-state index >= 15 is 0 Å². The van der Waals surface area contributed by atoms with Crippen LogP contribution in [0.5, 0.6) is 5.88 Å². The van der Waals surface area contributed by atoms with Crippen molar-refractivity contribution in [2.45, 2.75) is 51.9 Å². The zero-order valence-corrected chi connectivity index (χ0v) is 19.8. The molecule has 5 heteroatoms. The molecule has 4 aromatic rings. The minimum atomic E-state index is -0.174. The van der Waals surface area contributed by atoms with Crippen molar-refractivity contribution in [3.05, 3.63) is 89.9 Å². The van der Waals surface area contributed by atoms with Gasteiger partial charge in [0.1, 0.15) is 0 Å². The Morgan fingerprint density at radius 1 is 0.781 bits per heavy atom. The lowest BCUT2D eigenvalue weighted by molar-refractivity contribution is 0.383. The molecule has 0 saturated heterocycles. The number of rotatable bonds is 6. The summed E-state index contributed by atoms with van der Waals surface area (Å²) in [5.41, 5.74) is 5.24. The zero-order valence-electron chi connectivity index (χ0n) is 19.8. The number of para-hydroxylation sites is 1. The molecule has 32 heavy (non-hydrogen) atoms. The van der Waals surface area contributed by atoms with Crippen molar-refractivity contribution in [2.75, 3.05) is 7.11 Å². The van der Waals surface area contributed by atoms with Crippen LogP contribution in [0.4, 0.5) is 0 Å². The maximum Gasteiger partial charge on any atom is 0.216 e. The van der Waals surface area contributed by atoms with E-state index in [1.807, 2.05) is 52.0 Å². The summed E-state index contributed by atoms with van der Waals surface area (Å²) in [6.45, 7) is 11.0. The van der Waals surface area contributed by atoms with Crippen LogP contribution in [0, 0.1) is 0 Å². The fourth-order valence-corrected chi connectivity index (χ4v) is 3.87. The van der Waals surface area contributed by atoms with Gasteiger partial charge in [-0.2, -0.15) is 10.2 Å². The van der Waals surface area contributed by atoms with Crippen molar-refractivity contribution in [1.29, 1.82) is 0 Å². The number of hydrogen-bond donors (Lipinski definition) is 0. The quantitative estimate of drug-likeness (QED) is 0.385. The summed E-state index contributed by atoms with van der Waals surface area (Å²) in [5, 5.41) is 9.70. The van der Waals surface area contributed by atoms with Gasteiger partial charge < -0.3 is 4.74 Å². The Kier molecular flexibility index (Phi) is 5.68. The predicted octanol–water partition coefficient (Wildman–Crippen LogP) is 5.88. The molecule has 0 radical (unpaired) electrons. The van der Waals surface area contributed by atoms with Gasteiger partial charge in [0.05, 0.1) is 29.9 Å². The van der Waals surface area contributed by atoms with Crippen LogP contribution in [-0.2, 0) is 17.3 Å². The average Bonchev–Trinajstić information content (AvgIpc) is 3.42. The highest BCUT2D eigenvalue weighted by molar-refractivity contribution is 5.39. The Morgan fingerprint density at radius 3 is 2.16 bits per heavy atom. The molecule has 5 nitrogen and oxygen atoms in total. The van der Waals surface area contributed by atoms with Crippen molar-refractivity contribution in [3.8, 4) is 17.3 Å². The van der Waals surface area contributed by atoms with Crippen LogP contribution in [-0.4, -0.2) is 26.7 Å². The van der Waals surface area contributed by atoms with Gasteiger partial charge in [0.15, 0.2) is 0 Å². The van der Waals surface area contributed by atoms with Gasteiger partial charge in [-0.3, -0.25) is 0 Å². The number of benzene rings is 2. The minimum absolute atomic E-state index is 0.0293.